The van der Waals surface area contributed by atoms with Gasteiger partial charge in [0.05, 0.1) is 24.2 Å². The zero-order valence-electron chi connectivity index (χ0n) is 14.3. The minimum absolute atomic E-state index is 0.0913. The average Bonchev–Trinajstić information content (AvgIpc) is 2.48. The van der Waals surface area contributed by atoms with Crippen molar-refractivity contribution in [2.75, 3.05) is 6.61 Å². The standard InChI is InChI=1S/C16H30O7S/c1-2-3-4-5-6-7-8-9-10-11-12-23-15(17)13-14(16(18)19)24(20,21)22/h14H,2-13H2,1H3,(H,18,19)(H,20,21,22)/p-2. The number of carboxylic acids is 1. The highest BCUT2D eigenvalue weighted by Crippen LogP contribution is 2.11. The molecule has 0 saturated carbocycles. The van der Waals surface area contributed by atoms with Crippen LogP contribution in [0.5, 0.6) is 0 Å². The van der Waals surface area contributed by atoms with Crippen molar-refractivity contribution < 1.29 is 32.4 Å². The van der Waals surface area contributed by atoms with Crippen molar-refractivity contribution in [2.24, 2.45) is 0 Å². The summed E-state index contributed by atoms with van der Waals surface area (Å²) < 4.78 is 36.8. The largest absolute Gasteiger partial charge is 0.747 e. The van der Waals surface area contributed by atoms with Crippen LogP contribution in [0, 0.1) is 0 Å². The van der Waals surface area contributed by atoms with Gasteiger partial charge in [-0.2, -0.15) is 0 Å². The Morgan fingerprint density at radius 3 is 1.79 bits per heavy atom. The molecule has 1 atom stereocenters. The Balaban J connectivity index is 3.64. The summed E-state index contributed by atoms with van der Waals surface area (Å²) in [4.78, 5) is 21.9. The first-order chi connectivity index (χ1) is 11.3. The Hall–Kier alpha value is -1.15. The zero-order chi connectivity index (χ0) is 18.4. The van der Waals surface area contributed by atoms with Crippen LogP contribution in [0.15, 0.2) is 0 Å². The minimum atomic E-state index is -5.13. The summed E-state index contributed by atoms with van der Waals surface area (Å²) in [6, 6.07) is 0. The Morgan fingerprint density at radius 1 is 0.917 bits per heavy atom. The van der Waals surface area contributed by atoms with Crippen molar-refractivity contribution in [2.45, 2.75) is 82.8 Å². The predicted molar refractivity (Wildman–Crippen MR) is 85.9 cm³/mol. The van der Waals surface area contributed by atoms with Gasteiger partial charge in [-0.3, -0.25) is 4.79 Å². The second-order valence-electron chi connectivity index (χ2n) is 5.91. The molecule has 0 fully saturated rings. The van der Waals surface area contributed by atoms with E-state index in [1.165, 1.54) is 38.5 Å². The number of carbonyl (C=O) groups excluding carboxylic acids is 2. The Morgan fingerprint density at radius 2 is 1.38 bits per heavy atom. The van der Waals surface area contributed by atoms with Crippen molar-refractivity contribution in [1.82, 2.24) is 0 Å². The average molecular weight is 364 g/mol. The maximum absolute atomic E-state index is 11.3. The number of aliphatic carboxylic acids is 1. The first kappa shape index (κ1) is 22.9. The quantitative estimate of drug-likeness (QED) is 0.245. The molecule has 0 amide bonds. The Bertz CT molecular complexity index is 459. The lowest BCUT2D eigenvalue weighted by Crippen LogP contribution is -2.42. The number of carbonyl (C=O) groups is 2. The van der Waals surface area contributed by atoms with Crippen LogP contribution < -0.4 is 5.11 Å². The van der Waals surface area contributed by atoms with Gasteiger partial charge in [-0.15, -0.1) is 0 Å². The second-order valence-corrected chi connectivity index (χ2v) is 7.46. The molecule has 0 aromatic heterocycles. The van der Waals surface area contributed by atoms with Crippen LogP contribution in [-0.2, 0) is 24.4 Å². The monoisotopic (exact) mass is 364 g/mol. The van der Waals surface area contributed by atoms with Gasteiger partial charge < -0.3 is 19.2 Å². The fourth-order valence-electron chi connectivity index (χ4n) is 2.29. The van der Waals surface area contributed by atoms with Crippen molar-refractivity contribution in [3.63, 3.8) is 0 Å². The van der Waals surface area contributed by atoms with E-state index in [9.17, 15) is 27.7 Å². The van der Waals surface area contributed by atoms with Gasteiger partial charge >= 0.3 is 5.97 Å². The third-order valence-corrected chi connectivity index (χ3v) is 4.78. The fraction of sp³-hybridized carbons (Fsp3) is 0.875. The lowest BCUT2D eigenvalue weighted by molar-refractivity contribution is -0.305. The van der Waals surface area contributed by atoms with Crippen LogP contribution in [0.25, 0.3) is 0 Å². The molecule has 0 N–H and O–H groups in total. The van der Waals surface area contributed by atoms with Crippen LogP contribution >= 0.6 is 0 Å². The Kier molecular flexibility index (Phi) is 12.5. The molecule has 7 nitrogen and oxygen atoms in total. The topological polar surface area (TPSA) is 124 Å². The summed E-state index contributed by atoms with van der Waals surface area (Å²) >= 11 is 0. The maximum atomic E-state index is 11.3. The summed E-state index contributed by atoms with van der Waals surface area (Å²) in [5.41, 5.74) is 0. The van der Waals surface area contributed by atoms with E-state index in [-0.39, 0.29) is 6.61 Å². The van der Waals surface area contributed by atoms with Crippen LogP contribution in [0.3, 0.4) is 0 Å². The lowest BCUT2D eigenvalue weighted by Gasteiger charge is -2.20. The van der Waals surface area contributed by atoms with E-state index >= 15 is 0 Å². The molecule has 0 spiro atoms. The summed E-state index contributed by atoms with van der Waals surface area (Å²) in [7, 11) is -5.13. The van der Waals surface area contributed by atoms with E-state index in [0.29, 0.717) is 6.42 Å². The van der Waals surface area contributed by atoms with Crippen LogP contribution in [-0.4, -0.2) is 36.8 Å². The third kappa shape index (κ3) is 12.3. The first-order valence-corrected chi connectivity index (χ1v) is 10.1. The van der Waals surface area contributed by atoms with Gasteiger partial charge in [-0.1, -0.05) is 64.7 Å². The highest BCUT2D eigenvalue weighted by molar-refractivity contribution is 7.87. The molecule has 0 rings (SSSR count). The number of rotatable bonds is 15. The molecule has 0 aliphatic carbocycles. The highest BCUT2D eigenvalue weighted by Gasteiger charge is 2.22. The van der Waals surface area contributed by atoms with Crippen molar-refractivity contribution >= 4 is 22.1 Å². The molecule has 8 heteroatoms. The van der Waals surface area contributed by atoms with E-state index in [1.54, 1.807) is 0 Å². The molecular weight excluding hydrogens is 336 g/mol. The summed E-state index contributed by atoms with van der Waals surface area (Å²) in [5, 5.41) is 8.15. The summed E-state index contributed by atoms with van der Waals surface area (Å²) in [5.74, 6) is -3.10. The van der Waals surface area contributed by atoms with E-state index < -0.39 is 33.7 Å². The molecule has 0 aliphatic heterocycles. The summed E-state index contributed by atoms with van der Waals surface area (Å²) in [6.07, 6.45) is 10.2. The summed E-state index contributed by atoms with van der Waals surface area (Å²) in [6.45, 7) is 2.28. The number of carboxylic acid groups (broad SMARTS) is 1. The van der Waals surface area contributed by atoms with E-state index in [2.05, 4.69) is 6.92 Å². The van der Waals surface area contributed by atoms with Gasteiger partial charge in [-0.25, -0.2) is 8.42 Å². The Labute approximate surface area is 144 Å². The zero-order valence-corrected chi connectivity index (χ0v) is 15.1. The van der Waals surface area contributed by atoms with Crippen molar-refractivity contribution in [1.29, 1.82) is 0 Å². The number of hydrogen-bond acceptors (Lipinski definition) is 7. The molecule has 142 valence electrons. The van der Waals surface area contributed by atoms with Gasteiger partial charge in [0.15, 0.2) is 0 Å². The van der Waals surface area contributed by atoms with Gasteiger partial charge in [-0.05, 0) is 6.42 Å². The number of esters is 1. The minimum Gasteiger partial charge on any atom is -0.747 e. The van der Waals surface area contributed by atoms with Crippen LogP contribution in [0.1, 0.15) is 77.6 Å². The molecule has 24 heavy (non-hydrogen) atoms. The van der Waals surface area contributed by atoms with Crippen LogP contribution in [0.2, 0.25) is 0 Å². The van der Waals surface area contributed by atoms with Gasteiger partial charge in [0, 0.05) is 0 Å². The molecule has 0 saturated heterocycles. The molecule has 0 radical (unpaired) electrons. The number of unbranched alkanes of at least 4 members (excludes halogenated alkanes) is 9. The van der Waals surface area contributed by atoms with E-state index in [1.807, 2.05) is 0 Å². The van der Waals surface area contributed by atoms with E-state index in [0.717, 1.165) is 19.3 Å². The van der Waals surface area contributed by atoms with Crippen LogP contribution in [0.4, 0.5) is 0 Å². The van der Waals surface area contributed by atoms with Gasteiger partial charge in [0.1, 0.15) is 10.1 Å². The molecular formula is C16H28O7S-2. The van der Waals surface area contributed by atoms with Gasteiger partial charge in [0.25, 0.3) is 0 Å². The molecule has 0 aliphatic rings. The van der Waals surface area contributed by atoms with Crippen molar-refractivity contribution in [3.8, 4) is 0 Å². The second kappa shape index (κ2) is 13.2. The predicted octanol–water partition coefficient (Wildman–Crippen LogP) is 1.50. The first-order valence-electron chi connectivity index (χ1n) is 8.60. The number of ether oxygens (including phenoxy) is 1. The highest BCUT2D eigenvalue weighted by atomic mass is 32.2. The lowest BCUT2D eigenvalue weighted by atomic mass is 10.1. The molecule has 1 unspecified atom stereocenters. The molecule has 0 heterocycles. The fourth-order valence-corrected chi connectivity index (χ4v) is 2.86. The molecule has 0 aromatic carbocycles. The molecule has 0 bridgehead atoms. The smallest absolute Gasteiger partial charge is 0.307 e. The van der Waals surface area contributed by atoms with Gasteiger partial charge in [0.2, 0.25) is 0 Å². The maximum Gasteiger partial charge on any atom is 0.307 e. The molecule has 0 aromatic rings. The SMILES string of the molecule is CCCCCCCCCCCCOC(=O)CC(C(=O)[O-])S(=O)(=O)[O-]. The van der Waals surface area contributed by atoms with E-state index in [4.69, 9.17) is 4.74 Å². The normalized spacial score (nSPS) is 12.8. The third-order valence-electron chi connectivity index (χ3n) is 3.72. The number of hydrogen-bond donors (Lipinski definition) is 0. The van der Waals surface area contributed by atoms with Crippen molar-refractivity contribution in [3.05, 3.63) is 0 Å².